The van der Waals surface area contributed by atoms with Crippen LogP contribution in [0.3, 0.4) is 0 Å². The van der Waals surface area contributed by atoms with Crippen LogP contribution in [0.25, 0.3) is 0 Å². The van der Waals surface area contributed by atoms with Crippen molar-refractivity contribution >= 4 is 23.1 Å². The van der Waals surface area contributed by atoms with Crippen molar-refractivity contribution in [2.75, 3.05) is 24.7 Å². The van der Waals surface area contributed by atoms with Gasteiger partial charge >= 0.3 is 0 Å². The number of amides is 1. The van der Waals surface area contributed by atoms with Gasteiger partial charge in [-0.3, -0.25) is 9.37 Å². The van der Waals surface area contributed by atoms with Gasteiger partial charge in [-0.1, -0.05) is 25.0 Å². The van der Waals surface area contributed by atoms with Crippen LogP contribution < -0.4 is 10.6 Å². The van der Waals surface area contributed by atoms with E-state index in [1.807, 2.05) is 49.9 Å². The fraction of sp³-hybridized carbons (Fsp3) is 0.500. The van der Waals surface area contributed by atoms with Crippen LogP contribution in [0.15, 0.2) is 24.3 Å². The number of hydrogen-bond donors (Lipinski definition) is 2. The second-order valence-corrected chi connectivity index (χ2v) is 5.62. The molecule has 1 aliphatic carbocycles. The minimum Gasteiger partial charge on any atom is -0.322 e. The molecule has 1 fully saturated rings. The highest BCUT2D eigenvalue weighted by molar-refractivity contribution is 5.99. The molecule has 0 unspecified atom stereocenters. The van der Waals surface area contributed by atoms with Crippen molar-refractivity contribution in [3.63, 3.8) is 0 Å². The van der Waals surface area contributed by atoms with E-state index in [4.69, 9.17) is 0 Å². The zero-order valence-electron chi connectivity index (χ0n) is 12.6. The maximum Gasteiger partial charge on any atom is 0.246 e. The third-order valence-electron chi connectivity index (χ3n) is 3.90. The Balaban J connectivity index is 2.11. The molecule has 0 aromatic heterocycles. The molecule has 108 valence electrons. The topological polar surface area (TPSA) is 44.1 Å². The number of rotatable bonds is 3. The maximum atomic E-state index is 12.2. The molecule has 0 radical (unpaired) electrons. The summed E-state index contributed by atoms with van der Waals surface area (Å²) in [7, 11) is 3.98. The Morgan fingerprint density at radius 2 is 1.65 bits per heavy atom. The second kappa shape index (κ2) is 6.55. The minimum absolute atomic E-state index is 0.152. The maximum absolute atomic E-state index is 12.2. The van der Waals surface area contributed by atoms with E-state index in [2.05, 4.69) is 10.6 Å². The third kappa shape index (κ3) is 3.59. The molecule has 0 saturated heterocycles. The summed E-state index contributed by atoms with van der Waals surface area (Å²) >= 11 is 0. The van der Waals surface area contributed by atoms with E-state index in [-0.39, 0.29) is 11.8 Å². The summed E-state index contributed by atoms with van der Waals surface area (Å²) in [6.45, 7) is 2.01. The van der Waals surface area contributed by atoms with Gasteiger partial charge in [0.05, 0.1) is 19.8 Å². The molecule has 1 amide bonds. The number of nitrogens with one attached hydrogen (secondary N) is 2. The highest BCUT2D eigenvalue weighted by atomic mass is 16.1. The first-order valence-electron chi connectivity index (χ1n) is 7.25. The number of hydrogen-bond acceptors (Lipinski definition) is 1. The van der Waals surface area contributed by atoms with Gasteiger partial charge in [0.2, 0.25) is 11.7 Å². The van der Waals surface area contributed by atoms with Gasteiger partial charge in [-0.05, 0) is 25.0 Å². The van der Waals surface area contributed by atoms with Gasteiger partial charge in [0.1, 0.15) is 5.69 Å². The van der Waals surface area contributed by atoms with E-state index < -0.39 is 0 Å². The first-order chi connectivity index (χ1) is 9.58. The molecular weight excluding hydrogens is 250 g/mol. The molecule has 1 saturated carbocycles. The van der Waals surface area contributed by atoms with Crippen molar-refractivity contribution in [3.8, 4) is 0 Å². The Bertz CT molecular complexity index is 512. The fourth-order valence-electron chi connectivity index (χ4n) is 2.43. The summed E-state index contributed by atoms with van der Waals surface area (Å²) in [4.78, 5) is 12.2. The molecule has 2 N–H and O–H groups in total. The number of nitrogens with zero attached hydrogens (tertiary/aromatic N) is 1. The van der Waals surface area contributed by atoms with Crippen molar-refractivity contribution in [2.24, 2.45) is 5.92 Å². The van der Waals surface area contributed by atoms with E-state index in [9.17, 15) is 4.79 Å². The van der Waals surface area contributed by atoms with Crippen molar-refractivity contribution in [1.82, 2.24) is 0 Å². The van der Waals surface area contributed by atoms with E-state index in [1.54, 1.807) is 0 Å². The van der Waals surface area contributed by atoms with Gasteiger partial charge in [-0.2, -0.15) is 0 Å². The standard InChI is InChI=1S/C16H23N3O/c1-12(19(2)3)17-14-10-6-7-11-15(14)18-16(20)13-8-4-5-9-13/h6-7,10-11,13H,4-5,8-9H2,1-3H3,(H,18,20)/p+1. The molecule has 4 heteroatoms. The van der Waals surface area contributed by atoms with Crippen LogP contribution in [0, 0.1) is 5.92 Å². The fourth-order valence-corrected chi connectivity index (χ4v) is 2.43. The van der Waals surface area contributed by atoms with Crippen LogP contribution in [0.1, 0.15) is 32.6 Å². The first-order valence-corrected chi connectivity index (χ1v) is 7.25. The molecular formula is C16H24N3O+. The monoisotopic (exact) mass is 274 g/mol. The molecule has 1 aliphatic rings. The Labute approximate surface area is 120 Å². The molecule has 0 heterocycles. The molecule has 1 aromatic rings. The van der Waals surface area contributed by atoms with Crippen molar-refractivity contribution in [2.45, 2.75) is 32.6 Å². The van der Waals surface area contributed by atoms with Crippen LogP contribution >= 0.6 is 0 Å². The lowest BCUT2D eigenvalue weighted by Gasteiger charge is -2.12. The third-order valence-corrected chi connectivity index (χ3v) is 3.90. The highest BCUT2D eigenvalue weighted by Crippen LogP contribution is 2.28. The zero-order valence-corrected chi connectivity index (χ0v) is 12.6. The van der Waals surface area contributed by atoms with Crippen molar-refractivity contribution in [3.05, 3.63) is 24.3 Å². The summed E-state index contributed by atoms with van der Waals surface area (Å²) in [5, 5.41) is 6.40. The molecule has 4 nitrogen and oxygen atoms in total. The molecule has 0 spiro atoms. The molecule has 1 aromatic carbocycles. The summed E-state index contributed by atoms with van der Waals surface area (Å²) in [5.74, 6) is 1.37. The van der Waals surface area contributed by atoms with E-state index in [1.165, 1.54) is 12.8 Å². The Kier molecular flexibility index (Phi) is 4.77. The van der Waals surface area contributed by atoms with E-state index in [0.717, 1.165) is 30.1 Å². The number of benzene rings is 1. The molecule has 2 rings (SSSR count). The number of amidine groups is 1. The molecule has 20 heavy (non-hydrogen) atoms. The number of anilines is 2. The second-order valence-electron chi connectivity index (χ2n) is 5.62. The van der Waals surface area contributed by atoms with Gasteiger partial charge in [-0.15, -0.1) is 0 Å². The molecule has 0 bridgehead atoms. The van der Waals surface area contributed by atoms with E-state index in [0.29, 0.717) is 0 Å². The van der Waals surface area contributed by atoms with Crippen LogP contribution in [0.5, 0.6) is 0 Å². The van der Waals surface area contributed by atoms with E-state index >= 15 is 0 Å². The van der Waals surface area contributed by atoms with Crippen LogP contribution in [0.2, 0.25) is 0 Å². The Morgan fingerprint density at radius 3 is 2.20 bits per heavy atom. The molecule has 0 atom stereocenters. The smallest absolute Gasteiger partial charge is 0.246 e. The summed E-state index contributed by atoms with van der Waals surface area (Å²) in [5.41, 5.74) is 1.79. The number of carbonyl (C=O) groups is 1. The summed E-state index contributed by atoms with van der Waals surface area (Å²) in [6.07, 6.45) is 4.38. The normalized spacial score (nSPS) is 14.9. The van der Waals surface area contributed by atoms with Crippen LogP contribution in [-0.2, 0) is 4.79 Å². The quantitative estimate of drug-likeness (QED) is 0.505. The van der Waals surface area contributed by atoms with Crippen molar-refractivity contribution in [1.29, 1.82) is 0 Å². The lowest BCUT2D eigenvalue weighted by molar-refractivity contribution is -0.464. The van der Waals surface area contributed by atoms with Gasteiger partial charge in [0.25, 0.3) is 0 Å². The highest BCUT2D eigenvalue weighted by Gasteiger charge is 2.23. The summed E-state index contributed by atoms with van der Waals surface area (Å²) < 4.78 is 2.01. The Morgan fingerprint density at radius 1 is 1.10 bits per heavy atom. The number of para-hydroxylation sites is 2. The van der Waals surface area contributed by atoms with Gasteiger partial charge in [0, 0.05) is 12.8 Å². The van der Waals surface area contributed by atoms with Crippen molar-refractivity contribution < 1.29 is 9.37 Å². The predicted molar refractivity (Wildman–Crippen MR) is 83.4 cm³/mol. The lowest BCUT2D eigenvalue weighted by atomic mass is 10.1. The average Bonchev–Trinajstić information content (AvgIpc) is 2.94. The summed E-state index contributed by atoms with van der Waals surface area (Å²) in [6, 6.07) is 7.84. The average molecular weight is 274 g/mol. The SMILES string of the molecule is CC(Nc1ccccc1NC(=O)C1CCCC1)=[N+](C)C. The Hall–Kier alpha value is -1.84. The van der Waals surface area contributed by atoms with Crippen LogP contribution in [-0.4, -0.2) is 30.4 Å². The van der Waals surface area contributed by atoms with Gasteiger partial charge in [-0.25, -0.2) is 5.32 Å². The van der Waals surface area contributed by atoms with Gasteiger partial charge in [0.15, 0.2) is 0 Å². The number of carbonyl (C=O) groups excluding carboxylic acids is 1. The lowest BCUT2D eigenvalue weighted by Crippen LogP contribution is -2.23. The zero-order chi connectivity index (χ0) is 14.5. The first kappa shape index (κ1) is 14.6. The van der Waals surface area contributed by atoms with Crippen LogP contribution in [0.4, 0.5) is 11.4 Å². The largest absolute Gasteiger partial charge is 0.322 e. The molecule has 0 aliphatic heterocycles. The predicted octanol–water partition coefficient (Wildman–Crippen LogP) is 2.92. The van der Waals surface area contributed by atoms with Gasteiger partial charge < -0.3 is 5.32 Å². The minimum atomic E-state index is 0.152.